The summed E-state index contributed by atoms with van der Waals surface area (Å²) in [4.78, 5) is 36.5. The van der Waals surface area contributed by atoms with Crippen molar-refractivity contribution >= 4 is 17.8 Å². The summed E-state index contributed by atoms with van der Waals surface area (Å²) in [6.07, 6.45) is -0.545. The fourth-order valence-electron chi connectivity index (χ4n) is 3.60. The third kappa shape index (κ3) is 9.09. The number of likely N-dealkylation sites (tertiary alicyclic amines) is 1. The molecule has 7 nitrogen and oxygen atoms in total. The summed E-state index contributed by atoms with van der Waals surface area (Å²) in [6, 6.07) is 9.72. The van der Waals surface area contributed by atoms with Crippen LogP contribution in [0.4, 0.5) is 4.79 Å². The van der Waals surface area contributed by atoms with Gasteiger partial charge in [-0.15, -0.1) is 0 Å². The Labute approximate surface area is 188 Å². The third-order valence-corrected chi connectivity index (χ3v) is 5.01. The van der Waals surface area contributed by atoms with Crippen LogP contribution in [0.2, 0.25) is 0 Å². The van der Waals surface area contributed by atoms with Crippen molar-refractivity contribution in [2.45, 2.75) is 59.1 Å². The molecule has 0 unspecified atom stereocenters. The average Bonchev–Trinajstić information content (AvgIpc) is 3.06. The van der Waals surface area contributed by atoms with E-state index < -0.39 is 17.7 Å². The van der Waals surface area contributed by atoms with Gasteiger partial charge in [0.05, 0.1) is 19.1 Å². The molecule has 1 N–H and O–H groups in total. The first-order chi connectivity index (χ1) is 14.4. The van der Waals surface area contributed by atoms with Crippen molar-refractivity contribution in [2.75, 3.05) is 27.2 Å². The summed E-state index contributed by atoms with van der Waals surface area (Å²) in [7, 11) is 3.50. The van der Waals surface area contributed by atoms with Crippen molar-refractivity contribution in [3.8, 4) is 0 Å². The zero-order chi connectivity index (χ0) is 23.8. The van der Waals surface area contributed by atoms with Gasteiger partial charge in [-0.3, -0.25) is 9.59 Å². The van der Waals surface area contributed by atoms with Gasteiger partial charge in [-0.05, 0) is 46.2 Å². The van der Waals surface area contributed by atoms with E-state index >= 15 is 0 Å². The number of Topliss-reactive ketones (excluding diaryl/α,β-unsaturated/α-hetero) is 1. The van der Waals surface area contributed by atoms with Crippen LogP contribution >= 0.6 is 0 Å². The maximum absolute atomic E-state index is 11.7. The number of methoxy groups -OCH3 is 1. The van der Waals surface area contributed by atoms with Crippen LogP contribution in [0.5, 0.6) is 0 Å². The maximum atomic E-state index is 11.7. The summed E-state index contributed by atoms with van der Waals surface area (Å²) >= 11 is 0. The van der Waals surface area contributed by atoms with Gasteiger partial charge in [-0.25, -0.2) is 4.79 Å². The second-order valence-electron chi connectivity index (χ2n) is 9.35. The number of hydrogen-bond acceptors (Lipinski definition) is 6. The minimum absolute atomic E-state index is 0. The molecule has 3 atom stereocenters. The minimum atomic E-state index is -0.545. The van der Waals surface area contributed by atoms with Crippen LogP contribution in [0.15, 0.2) is 30.3 Å². The first-order valence-electron chi connectivity index (χ1n) is 10.7. The number of esters is 1. The van der Waals surface area contributed by atoms with Gasteiger partial charge in [0.25, 0.3) is 0 Å². The summed E-state index contributed by atoms with van der Waals surface area (Å²) in [5, 5.41) is 2.56. The molecule has 0 aliphatic carbocycles. The molecule has 7 heteroatoms. The lowest BCUT2D eigenvalue weighted by molar-refractivity contribution is -0.145. The van der Waals surface area contributed by atoms with E-state index in [0.29, 0.717) is 0 Å². The molecule has 1 aromatic carbocycles. The van der Waals surface area contributed by atoms with Crippen LogP contribution in [0.3, 0.4) is 0 Å². The lowest BCUT2D eigenvalue weighted by atomic mass is 9.89. The number of hydrogen-bond donors (Lipinski definition) is 1. The Morgan fingerprint density at radius 2 is 1.71 bits per heavy atom. The van der Waals surface area contributed by atoms with E-state index in [0.717, 1.165) is 13.1 Å². The highest BCUT2D eigenvalue weighted by Gasteiger charge is 2.37. The Balaban J connectivity index is 0.000000585. The molecule has 1 fully saturated rings. The fourth-order valence-corrected chi connectivity index (χ4v) is 3.60. The number of nitrogens with one attached hydrogen (secondary N) is 1. The van der Waals surface area contributed by atoms with E-state index in [1.54, 1.807) is 20.8 Å². The van der Waals surface area contributed by atoms with E-state index in [-0.39, 0.29) is 30.9 Å². The molecular weight excluding hydrogens is 396 g/mol. The largest absolute Gasteiger partial charge is 0.469 e. The van der Waals surface area contributed by atoms with Crippen LogP contribution in [-0.4, -0.2) is 61.6 Å². The number of carbonyl (C=O) groups is 3. The molecule has 0 bridgehead atoms. The predicted molar refractivity (Wildman–Crippen MR) is 123 cm³/mol. The second kappa shape index (κ2) is 11.8. The van der Waals surface area contributed by atoms with E-state index in [1.807, 2.05) is 39.1 Å². The lowest BCUT2D eigenvalue weighted by Crippen LogP contribution is -2.45. The quantitative estimate of drug-likeness (QED) is 0.705. The number of carbonyl (C=O) groups excluding carboxylic acids is 3. The maximum Gasteiger partial charge on any atom is 0.408 e. The summed E-state index contributed by atoms with van der Waals surface area (Å²) in [5.74, 6) is 0.139. The molecule has 0 saturated carbocycles. The first kappa shape index (κ1) is 26.6. The number of alkyl carbamates (subject to hydrolysis) is 1. The molecule has 1 saturated heterocycles. The SMILES string of the molecule is CC(=O)[C@@H](NC(=O)OC(C)(C)C)C(C)C.COC(=O)[C@H]1CN(C)C[C@@H]1c1ccccc1.[HH]. The van der Waals surface area contributed by atoms with Crippen LogP contribution < -0.4 is 5.32 Å². The lowest BCUT2D eigenvalue weighted by Gasteiger charge is -2.24. The van der Waals surface area contributed by atoms with Crippen molar-refractivity contribution in [2.24, 2.45) is 11.8 Å². The molecule has 1 heterocycles. The number of benzene rings is 1. The van der Waals surface area contributed by atoms with Gasteiger partial charge in [0, 0.05) is 20.4 Å². The molecule has 0 spiro atoms. The summed E-state index contributed by atoms with van der Waals surface area (Å²) in [6.45, 7) is 12.3. The molecule has 31 heavy (non-hydrogen) atoms. The zero-order valence-electron chi connectivity index (χ0n) is 20.1. The van der Waals surface area contributed by atoms with Crippen LogP contribution in [0.1, 0.15) is 54.5 Å². The van der Waals surface area contributed by atoms with Crippen molar-refractivity contribution in [3.63, 3.8) is 0 Å². The van der Waals surface area contributed by atoms with Gasteiger partial charge in [-0.1, -0.05) is 44.2 Å². The highest BCUT2D eigenvalue weighted by atomic mass is 16.6. The highest BCUT2D eigenvalue weighted by molar-refractivity contribution is 5.85. The van der Waals surface area contributed by atoms with Crippen molar-refractivity contribution in [3.05, 3.63) is 35.9 Å². The number of ketones is 1. The van der Waals surface area contributed by atoms with E-state index in [2.05, 4.69) is 22.3 Å². The monoisotopic (exact) mass is 436 g/mol. The normalized spacial score (nSPS) is 19.8. The zero-order valence-corrected chi connectivity index (χ0v) is 20.1. The van der Waals surface area contributed by atoms with Gasteiger partial charge in [0.15, 0.2) is 5.78 Å². The van der Waals surface area contributed by atoms with E-state index in [4.69, 9.17) is 9.47 Å². The summed E-state index contributed by atoms with van der Waals surface area (Å²) < 4.78 is 9.93. The van der Waals surface area contributed by atoms with E-state index in [1.165, 1.54) is 19.6 Å². The molecular formula is C24H40N2O5. The summed E-state index contributed by atoms with van der Waals surface area (Å²) in [5.41, 5.74) is 0.685. The molecule has 0 aromatic heterocycles. The van der Waals surface area contributed by atoms with Crippen molar-refractivity contribution in [1.29, 1.82) is 0 Å². The third-order valence-electron chi connectivity index (χ3n) is 5.01. The second-order valence-corrected chi connectivity index (χ2v) is 9.35. The smallest absolute Gasteiger partial charge is 0.408 e. The number of amides is 1. The number of likely N-dealkylation sites (N-methyl/N-ethyl adjacent to an activating group) is 1. The minimum Gasteiger partial charge on any atom is -0.469 e. The van der Waals surface area contributed by atoms with E-state index in [9.17, 15) is 14.4 Å². The van der Waals surface area contributed by atoms with Crippen LogP contribution in [-0.2, 0) is 19.1 Å². The first-order valence-corrected chi connectivity index (χ1v) is 10.7. The Kier molecular flexibility index (Phi) is 10.2. The molecule has 1 aliphatic heterocycles. The molecule has 2 rings (SSSR count). The van der Waals surface area contributed by atoms with Gasteiger partial charge in [0.2, 0.25) is 0 Å². The molecule has 176 valence electrons. The Morgan fingerprint density at radius 1 is 1.13 bits per heavy atom. The number of nitrogens with zero attached hydrogens (tertiary/aromatic N) is 1. The van der Waals surface area contributed by atoms with Crippen LogP contribution in [0.25, 0.3) is 0 Å². The van der Waals surface area contributed by atoms with Gasteiger partial charge < -0.3 is 19.7 Å². The number of rotatable bonds is 5. The Morgan fingerprint density at radius 3 is 2.16 bits per heavy atom. The van der Waals surface area contributed by atoms with Gasteiger partial charge in [-0.2, -0.15) is 0 Å². The predicted octanol–water partition coefficient (Wildman–Crippen LogP) is 3.88. The average molecular weight is 437 g/mol. The Hall–Kier alpha value is -2.41. The fraction of sp³-hybridized carbons (Fsp3) is 0.625. The van der Waals surface area contributed by atoms with Gasteiger partial charge >= 0.3 is 12.1 Å². The molecule has 1 aliphatic rings. The van der Waals surface area contributed by atoms with Gasteiger partial charge in [0.1, 0.15) is 5.60 Å². The molecule has 0 radical (unpaired) electrons. The topological polar surface area (TPSA) is 84.9 Å². The molecule has 1 amide bonds. The molecule has 1 aromatic rings. The van der Waals surface area contributed by atoms with Crippen molar-refractivity contribution < 1.29 is 25.3 Å². The standard InChI is InChI=1S/C13H17NO2.C11H21NO3.H2/c1-14-8-11(10-6-4-3-5-7-10)12(9-14)13(15)16-2;1-7(2)9(8(3)13)12-10(14)15-11(4,5)6;/h3-7,11-12H,8-9H2,1-2H3;7,9H,1-6H3,(H,12,14);1H/t11-,12+;9-;/m10./s1. The van der Waals surface area contributed by atoms with Crippen molar-refractivity contribution in [1.82, 2.24) is 10.2 Å². The Bertz CT molecular complexity index is 734. The van der Waals surface area contributed by atoms with Crippen LogP contribution in [0, 0.1) is 11.8 Å². The highest BCUT2D eigenvalue weighted by Crippen LogP contribution is 2.32. The number of ether oxygens (including phenoxy) is 2.